The van der Waals surface area contributed by atoms with Gasteiger partial charge in [-0.05, 0) is 69.7 Å². The van der Waals surface area contributed by atoms with Crippen molar-refractivity contribution in [2.75, 3.05) is 6.54 Å². The van der Waals surface area contributed by atoms with Crippen LogP contribution < -0.4 is 5.32 Å². The molecular weight excluding hydrogens is 218 g/mol. The molecule has 1 aliphatic rings. The molecule has 0 radical (unpaired) electrons. The lowest BCUT2D eigenvalue weighted by Crippen LogP contribution is -2.27. The number of hydrogen-bond acceptors (Lipinski definition) is 1. The Morgan fingerprint density at radius 1 is 1.06 bits per heavy atom. The van der Waals surface area contributed by atoms with Crippen LogP contribution in [0, 0.1) is 20.8 Å². The zero-order valence-corrected chi connectivity index (χ0v) is 12.2. The molecule has 1 aliphatic carbocycles. The molecule has 2 rings (SSSR count). The maximum Gasteiger partial charge on any atom is 0.00670 e. The largest absolute Gasteiger partial charge is 0.314 e. The van der Waals surface area contributed by atoms with Gasteiger partial charge in [-0.3, -0.25) is 0 Å². The van der Waals surface area contributed by atoms with Gasteiger partial charge in [0.05, 0.1) is 0 Å². The molecule has 1 aromatic rings. The molecule has 1 N–H and O–H groups in total. The molecule has 0 heterocycles. The molecule has 0 aromatic heterocycles. The SMILES string of the molecule is Cc1cc(C)c(CCCNC2CCCC2)c(C)c1. The van der Waals surface area contributed by atoms with Crippen molar-refractivity contribution < 1.29 is 0 Å². The van der Waals surface area contributed by atoms with Crippen LogP contribution in [-0.4, -0.2) is 12.6 Å². The molecule has 0 amide bonds. The average Bonchev–Trinajstić information content (AvgIpc) is 2.79. The van der Waals surface area contributed by atoms with Crippen LogP contribution in [0.15, 0.2) is 12.1 Å². The molecule has 1 nitrogen and oxygen atoms in total. The fraction of sp³-hybridized carbons (Fsp3) is 0.647. The minimum Gasteiger partial charge on any atom is -0.314 e. The van der Waals surface area contributed by atoms with Gasteiger partial charge < -0.3 is 5.32 Å². The Morgan fingerprint density at radius 2 is 1.67 bits per heavy atom. The van der Waals surface area contributed by atoms with Crippen molar-refractivity contribution in [2.24, 2.45) is 0 Å². The van der Waals surface area contributed by atoms with Gasteiger partial charge in [-0.25, -0.2) is 0 Å². The normalized spacial score (nSPS) is 16.4. The Hall–Kier alpha value is -0.820. The van der Waals surface area contributed by atoms with Crippen LogP contribution in [0.2, 0.25) is 0 Å². The first-order valence-corrected chi connectivity index (χ1v) is 7.47. The number of benzene rings is 1. The highest BCUT2D eigenvalue weighted by atomic mass is 14.9. The van der Waals surface area contributed by atoms with Crippen LogP contribution in [-0.2, 0) is 6.42 Å². The van der Waals surface area contributed by atoms with Gasteiger partial charge in [0, 0.05) is 6.04 Å². The first kappa shape index (κ1) is 13.6. The molecule has 18 heavy (non-hydrogen) atoms. The van der Waals surface area contributed by atoms with Crippen molar-refractivity contribution in [1.82, 2.24) is 5.32 Å². The summed E-state index contributed by atoms with van der Waals surface area (Å²) in [7, 11) is 0. The van der Waals surface area contributed by atoms with Crippen LogP contribution in [0.5, 0.6) is 0 Å². The lowest BCUT2D eigenvalue weighted by atomic mass is 9.96. The molecule has 0 aliphatic heterocycles. The summed E-state index contributed by atoms with van der Waals surface area (Å²) in [6, 6.07) is 5.43. The van der Waals surface area contributed by atoms with Gasteiger partial charge in [0.15, 0.2) is 0 Å². The lowest BCUT2D eigenvalue weighted by Gasteiger charge is -2.14. The highest BCUT2D eigenvalue weighted by molar-refractivity contribution is 5.37. The summed E-state index contributed by atoms with van der Waals surface area (Å²) in [6.45, 7) is 7.86. The minimum absolute atomic E-state index is 0.810. The molecule has 1 saturated carbocycles. The summed E-state index contributed by atoms with van der Waals surface area (Å²) in [5.74, 6) is 0. The van der Waals surface area contributed by atoms with Crippen LogP contribution in [0.3, 0.4) is 0 Å². The smallest absolute Gasteiger partial charge is 0.00670 e. The predicted octanol–water partition coefficient (Wildman–Crippen LogP) is 4.08. The molecule has 1 fully saturated rings. The lowest BCUT2D eigenvalue weighted by molar-refractivity contribution is 0.515. The Bertz CT molecular complexity index is 366. The molecule has 1 heteroatoms. The van der Waals surface area contributed by atoms with Crippen LogP contribution in [0.1, 0.15) is 54.4 Å². The summed E-state index contributed by atoms with van der Waals surface area (Å²) >= 11 is 0. The molecule has 0 bridgehead atoms. The molecule has 0 atom stereocenters. The standard InChI is InChI=1S/C17H27N/c1-13-11-14(2)17(15(3)12-13)9-6-10-18-16-7-4-5-8-16/h11-12,16,18H,4-10H2,1-3H3. The van der Waals surface area contributed by atoms with E-state index in [-0.39, 0.29) is 0 Å². The number of rotatable bonds is 5. The van der Waals surface area contributed by atoms with Crippen molar-refractivity contribution in [2.45, 2.75) is 65.3 Å². The number of aryl methyl sites for hydroxylation is 3. The van der Waals surface area contributed by atoms with Gasteiger partial charge in [0.2, 0.25) is 0 Å². The van der Waals surface area contributed by atoms with Gasteiger partial charge in [0.1, 0.15) is 0 Å². The fourth-order valence-corrected chi connectivity index (χ4v) is 3.31. The van der Waals surface area contributed by atoms with Gasteiger partial charge in [-0.2, -0.15) is 0 Å². The second-order valence-corrected chi connectivity index (χ2v) is 5.92. The first-order chi connectivity index (χ1) is 8.66. The topological polar surface area (TPSA) is 12.0 Å². The van der Waals surface area contributed by atoms with E-state index < -0.39 is 0 Å². The van der Waals surface area contributed by atoms with Gasteiger partial charge in [-0.1, -0.05) is 30.5 Å². The summed E-state index contributed by atoms with van der Waals surface area (Å²) in [5, 5.41) is 3.70. The van der Waals surface area contributed by atoms with Crippen molar-refractivity contribution in [3.63, 3.8) is 0 Å². The number of nitrogens with one attached hydrogen (secondary N) is 1. The quantitative estimate of drug-likeness (QED) is 0.771. The van der Waals surface area contributed by atoms with E-state index in [2.05, 4.69) is 38.2 Å². The minimum atomic E-state index is 0.810. The van der Waals surface area contributed by atoms with E-state index in [4.69, 9.17) is 0 Å². The van der Waals surface area contributed by atoms with E-state index in [9.17, 15) is 0 Å². The predicted molar refractivity (Wildman–Crippen MR) is 79.2 cm³/mol. The highest BCUT2D eigenvalue weighted by Crippen LogP contribution is 2.19. The second-order valence-electron chi connectivity index (χ2n) is 5.92. The van der Waals surface area contributed by atoms with Gasteiger partial charge in [-0.15, -0.1) is 0 Å². The van der Waals surface area contributed by atoms with Crippen LogP contribution in [0.4, 0.5) is 0 Å². The molecule has 0 unspecified atom stereocenters. The van der Waals surface area contributed by atoms with Gasteiger partial charge >= 0.3 is 0 Å². The Morgan fingerprint density at radius 3 is 2.28 bits per heavy atom. The van der Waals surface area contributed by atoms with Crippen LogP contribution in [0.25, 0.3) is 0 Å². The van der Waals surface area contributed by atoms with E-state index in [1.165, 1.54) is 61.8 Å². The second kappa shape index (κ2) is 6.38. The number of hydrogen-bond donors (Lipinski definition) is 1. The Labute approximate surface area is 112 Å². The van der Waals surface area contributed by atoms with Crippen molar-refractivity contribution in [1.29, 1.82) is 0 Å². The average molecular weight is 245 g/mol. The van der Waals surface area contributed by atoms with Gasteiger partial charge in [0.25, 0.3) is 0 Å². The third kappa shape index (κ3) is 3.58. The molecule has 0 saturated heterocycles. The Balaban J connectivity index is 1.79. The third-order valence-electron chi connectivity index (χ3n) is 4.23. The van der Waals surface area contributed by atoms with E-state index in [0.29, 0.717) is 0 Å². The summed E-state index contributed by atoms with van der Waals surface area (Å²) in [5.41, 5.74) is 5.88. The maximum absolute atomic E-state index is 3.70. The van der Waals surface area contributed by atoms with E-state index in [1.54, 1.807) is 5.56 Å². The van der Waals surface area contributed by atoms with Crippen molar-refractivity contribution in [3.05, 3.63) is 34.4 Å². The van der Waals surface area contributed by atoms with E-state index in [1.807, 2.05) is 0 Å². The van der Waals surface area contributed by atoms with Crippen molar-refractivity contribution >= 4 is 0 Å². The molecular formula is C17H27N. The zero-order valence-electron chi connectivity index (χ0n) is 12.2. The third-order valence-corrected chi connectivity index (χ3v) is 4.23. The highest BCUT2D eigenvalue weighted by Gasteiger charge is 2.13. The van der Waals surface area contributed by atoms with Crippen molar-refractivity contribution in [3.8, 4) is 0 Å². The Kier molecular flexibility index (Phi) is 4.82. The maximum atomic E-state index is 3.70. The summed E-state index contributed by atoms with van der Waals surface area (Å²) in [4.78, 5) is 0. The molecule has 100 valence electrons. The zero-order chi connectivity index (χ0) is 13.0. The van der Waals surface area contributed by atoms with E-state index in [0.717, 1.165) is 6.04 Å². The van der Waals surface area contributed by atoms with E-state index >= 15 is 0 Å². The monoisotopic (exact) mass is 245 g/mol. The van der Waals surface area contributed by atoms with Crippen LogP contribution >= 0.6 is 0 Å². The molecule has 1 aromatic carbocycles. The summed E-state index contributed by atoms with van der Waals surface area (Å²) < 4.78 is 0. The first-order valence-electron chi connectivity index (χ1n) is 7.47. The molecule has 0 spiro atoms. The summed E-state index contributed by atoms with van der Waals surface area (Å²) in [6.07, 6.45) is 8.12. The fourth-order valence-electron chi connectivity index (χ4n) is 3.31.